The van der Waals surface area contributed by atoms with Crippen LogP contribution in [-0.4, -0.2) is 46.7 Å². The fourth-order valence-corrected chi connectivity index (χ4v) is 7.11. The first kappa shape index (κ1) is 30.7. The summed E-state index contributed by atoms with van der Waals surface area (Å²) in [5.74, 6) is 0.511. The van der Waals surface area contributed by atoms with Crippen LogP contribution < -0.4 is 4.74 Å². The molecule has 0 aliphatic rings. The Morgan fingerprint density at radius 1 is 0.919 bits per heavy atom. The van der Waals surface area contributed by atoms with Crippen molar-refractivity contribution in [3.8, 4) is 5.75 Å². The number of nitrogens with zero attached hydrogens (tertiary/aromatic N) is 1. The minimum Gasteiger partial charge on any atom is -0.497 e. The average Bonchev–Trinajstić information content (AvgIpc) is 2.88. The van der Waals surface area contributed by atoms with Gasteiger partial charge in [0.15, 0.2) is 16.1 Å². The van der Waals surface area contributed by atoms with Gasteiger partial charge in [-0.15, -0.1) is 0 Å². The van der Waals surface area contributed by atoms with E-state index in [9.17, 15) is 18.5 Å². The van der Waals surface area contributed by atoms with Crippen molar-refractivity contribution in [1.29, 1.82) is 0 Å². The van der Waals surface area contributed by atoms with Crippen LogP contribution in [0.3, 0.4) is 0 Å². The molecule has 37 heavy (non-hydrogen) atoms. The Labute approximate surface area is 221 Å². The third-order valence-corrected chi connectivity index (χ3v) is 8.88. The maximum atomic E-state index is 14.1. The van der Waals surface area contributed by atoms with Gasteiger partial charge < -0.3 is 14.2 Å². The molecule has 2 rings (SSSR count). The van der Waals surface area contributed by atoms with Gasteiger partial charge in [0.05, 0.1) is 22.7 Å². The molecule has 0 spiro atoms. The lowest BCUT2D eigenvalue weighted by Gasteiger charge is -2.39. The second kappa shape index (κ2) is 14.4. The van der Waals surface area contributed by atoms with Gasteiger partial charge in [0.1, 0.15) is 5.75 Å². The van der Waals surface area contributed by atoms with Crippen LogP contribution in [0.5, 0.6) is 5.75 Å². The summed E-state index contributed by atoms with van der Waals surface area (Å²) in [7, 11) is 0.792. The van der Waals surface area contributed by atoms with Crippen LogP contribution in [0, 0.1) is 15.5 Å². The number of non-ortho nitro benzene ring substituents is 1. The number of sulfone groups is 1. The lowest BCUT2D eigenvalue weighted by molar-refractivity contribution is -0.385. The van der Waals surface area contributed by atoms with E-state index in [2.05, 4.69) is 13.8 Å². The molecule has 0 radical (unpaired) electrons. The third-order valence-electron chi connectivity index (χ3n) is 6.86. The van der Waals surface area contributed by atoms with Gasteiger partial charge in [0, 0.05) is 31.8 Å². The Bertz CT molecular complexity index is 1100. The molecule has 0 saturated heterocycles. The van der Waals surface area contributed by atoms with Gasteiger partial charge in [0.2, 0.25) is 0 Å². The second-order valence-electron chi connectivity index (χ2n) is 9.56. The van der Waals surface area contributed by atoms with E-state index in [1.165, 1.54) is 18.2 Å². The van der Waals surface area contributed by atoms with Gasteiger partial charge in [-0.2, -0.15) is 0 Å². The molecule has 0 aliphatic heterocycles. The highest BCUT2D eigenvalue weighted by atomic mass is 32.2. The zero-order valence-electron chi connectivity index (χ0n) is 22.7. The molecule has 0 saturated carbocycles. The van der Waals surface area contributed by atoms with Crippen LogP contribution in [0.1, 0.15) is 69.9 Å². The maximum Gasteiger partial charge on any atom is 0.269 e. The van der Waals surface area contributed by atoms with Gasteiger partial charge in [-0.25, -0.2) is 8.42 Å². The molecule has 2 aromatic rings. The molecular weight excluding hydrogens is 494 g/mol. The third kappa shape index (κ3) is 8.25. The smallest absolute Gasteiger partial charge is 0.269 e. The van der Waals surface area contributed by atoms with Gasteiger partial charge >= 0.3 is 0 Å². The van der Waals surface area contributed by atoms with E-state index < -0.39 is 26.5 Å². The fraction of sp³-hybridized carbons (Fsp3) is 0.571. The first-order valence-electron chi connectivity index (χ1n) is 12.8. The molecule has 0 aromatic heterocycles. The molecule has 0 aliphatic carbocycles. The van der Waals surface area contributed by atoms with Crippen LogP contribution in [0.15, 0.2) is 47.4 Å². The second-order valence-corrected chi connectivity index (χ2v) is 11.5. The standard InChI is InChI=1S/C28H41NO7S/c1-6-8-10-18-28(17-9-7-2,27(35-4)36-5)21-37(32,33)26-16-13-24(29(30)31)20-23(26)19-22-11-14-25(34-3)15-12-22/h11-16,20,27H,6-10,17-19,21H2,1-5H3. The molecule has 1 unspecified atom stereocenters. The summed E-state index contributed by atoms with van der Waals surface area (Å²) in [4.78, 5) is 11.1. The minimum absolute atomic E-state index is 0.108. The number of rotatable bonds is 17. The highest BCUT2D eigenvalue weighted by Gasteiger charge is 2.43. The highest BCUT2D eigenvalue weighted by molar-refractivity contribution is 7.91. The Morgan fingerprint density at radius 3 is 2.08 bits per heavy atom. The van der Waals surface area contributed by atoms with E-state index in [0.29, 0.717) is 24.2 Å². The molecule has 0 N–H and O–H groups in total. The van der Waals surface area contributed by atoms with Crippen molar-refractivity contribution in [1.82, 2.24) is 0 Å². The van der Waals surface area contributed by atoms with Crippen LogP contribution >= 0.6 is 0 Å². The summed E-state index contributed by atoms with van der Waals surface area (Å²) < 4.78 is 44.7. The number of unbranched alkanes of at least 4 members (excludes halogenated alkanes) is 3. The molecule has 0 heterocycles. The predicted octanol–water partition coefficient (Wildman–Crippen LogP) is 6.34. The van der Waals surface area contributed by atoms with Crippen LogP contribution in [0.4, 0.5) is 5.69 Å². The van der Waals surface area contributed by atoms with Crippen molar-refractivity contribution in [2.24, 2.45) is 5.41 Å². The van der Waals surface area contributed by atoms with E-state index in [-0.39, 0.29) is 22.8 Å². The van der Waals surface area contributed by atoms with Crippen molar-refractivity contribution in [3.05, 3.63) is 63.7 Å². The number of benzene rings is 2. The van der Waals surface area contributed by atoms with Gasteiger partial charge in [-0.05, 0) is 48.6 Å². The average molecular weight is 536 g/mol. The predicted molar refractivity (Wildman–Crippen MR) is 145 cm³/mol. The Balaban J connectivity index is 2.58. The van der Waals surface area contributed by atoms with Crippen molar-refractivity contribution < 1.29 is 27.6 Å². The number of hydrogen-bond acceptors (Lipinski definition) is 7. The van der Waals surface area contributed by atoms with E-state index >= 15 is 0 Å². The quantitative estimate of drug-likeness (QED) is 0.101. The molecule has 9 heteroatoms. The van der Waals surface area contributed by atoms with Crippen molar-refractivity contribution in [3.63, 3.8) is 0 Å². The summed E-state index contributed by atoms with van der Waals surface area (Å²) >= 11 is 0. The highest BCUT2D eigenvalue weighted by Crippen LogP contribution is 2.41. The zero-order valence-corrected chi connectivity index (χ0v) is 23.5. The molecule has 0 fully saturated rings. The van der Waals surface area contributed by atoms with Gasteiger partial charge in [0.25, 0.3) is 5.69 Å². The molecule has 1 atom stereocenters. The number of ether oxygens (including phenoxy) is 3. The zero-order chi connectivity index (χ0) is 27.5. The first-order valence-corrected chi connectivity index (χ1v) is 14.5. The van der Waals surface area contributed by atoms with Crippen LogP contribution in [0.25, 0.3) is 0 Å². The molecule has 2 aromatic carbocycles. The van der Waals surface area contributed by atoms with Gasteiger partial charge in [-0.3, -0.25) is 10.1 Å². The molecule has 0 bridgehead atoms. The SMILES string of the molecule is CCCCCC(CCCC)(CS(=O)(=O)c1ccc([N+](=O)[O-])cc1Cc1ccc(OC)cc1)C(OC)OC. The Morgan fingerprint density at radius 2 is 1.54 bits per heavy atom. The number of hydrogen-bond donors (Lipinski definition) is 0. The fourth-order valence-electron chi connectivity index (χ4n) is 4.97. The number of nitro groups is 1. The van der Waals surface area contributed by atoms with Crippen molar-refractivity contribution >= 4 is 15.5 Å². The Hall–Kier alpha value is -2.49. The van der Waals surface area contributed by atoms with E-state index in [1.54, 1.807) is 33.5 Å². The summed E-state index contributed by atoms with van der Waals surface area (Å²) in [6.07, 6.45) is 5.43. The Kier molecular flexibility index (Phi) is 12.0. The molecule has 8 nitrogen and oxygen atoms in total. The summed E-state index contributed by atoms with van der Waals surface area (Å²) in [6, 6.07) is 11.2. The van der Waals surface area contributed by atoms with Gasteiger partial charge in [-0.1, -0.05) is 58.1 Å². The normalized spacial score (nSPS) is 13.5. The lowest BCUT2D eigenvalue weighted by atomic mass is 9.79. The first-order chi connectivity index (χ1) is 17.7. The summed E-state index contributed by atoms with van der Waals surface area (Å²) in [5, 5.41) is 11.5. The van der Waals surface area contributed by atoms with E-state index in [4.69, 9.17) is 14.2 Å². The van der Waals surface area contributed by atoms with Crippen molar-refractivity contribution in [2.75, 3.05) is 27.1 Å². The number of nitro benzene ring substituents is 1. The van der Waals surface area contributed by atoms with Crippen LogP contribution in [-0.2, 0) is 25.7 Å². The van der Waals surface area contributed by atoms with E-state index in [1.807, 2.05) is 12.1 Å². The topological polar surface area (TPSA) is 105 Å². The summed E-state index contributed by atoms with van der Waals surface area (Å²) in [6.45, 7) is 4.18. The molecule has 0 amide bonds. The summed E-state index contributed by atoms with van der Waals surface area (Å²) in [5.41, 5.74) is 0.328. The largest absolute Gasteiger partial charge is 0.497 e. The molecular formula is C28H41NO7S. The van der Waals surface area contributed by atoms with Crippen LogP contribution in [0.2, 0.25) is 0 Å². The van der Waals surface area contributed by atoms with E-state index in [0.717, 1.165) is 37.7 Å². The maximum absolute atomic E-state index is 14.1. The lowest BCUT2D eigenvalue weighted by Crippen LogP contribution is -2.44. The van der Waals surface area contributed by atoms with Crippen molar-refractivity contribution in [2.45, 2.75) is 76.4 Å². The number of methoxy groups -OCH3 is 3. The minimum atomic E-state index is -3.86. The molecule has 206 valence electrons. The monoisotopic (exact) mass is 535 g/mol.